The second-order valence-electron chi connectivity index (χ2n) is 4.35. The second-order valence-corrected chi connectivity index (χ2v) is 4.35. The SMILES string of the molecule is CCCCN(C)C(=O)CCNc1ccc(F)cc1. The van der Waals surface area contributed by atoms with E-state index in [4.69, 9.17) is 0 Å². The van der Waals surface area contributed by atoms with Crippen LogP contribution in [-0.2, 0) is 4.79 Å². The van der Waals surface area contributed by atoms with Gasteiger partial charge in [-0.3, -0.25) is 4.79 Å². The van der Waals surface area contributed by atoms with E-state index in [-0.39, 0.29) is 11.7 Å². The fourth-order valence-corrected chi connectivity index (χ4v) is 1.59. The van der Waals surface area contributed by atoms with Crippen LogP contribution < -0.4 is 5.32 Å². The van der Waals surface area contributed by atoms with Gasteiger partial charge in [0.15, 0.2) is 0 Å². The molecule has 0 saturated carbocycles. The summed E-state index contributed by atoms with van der Waals surface area (Å²) in [5.74, 6) is -0.117. The van der Waals surface area contributed by atoms with Gasteiger partial charge in [0, 0.05) is 32.2 Å². The van der Waals surface area contributed by atoms with Crippen LogP contribution in [0.1, 0.15) is 26.2 Å². The molecule has 100 valence electrons. The Morgan fingerprint density at radius 2 is 2.00 bits per heavy atom. The van der Waals surface area contributed by atoms with Crippen molar-refractivity contribution < 1.29 is 9.18 Å². The average Bonchev–Trinajstić information content (AvgIpc) is 2.38. The second kappa shape index (κ2) is 7.69. The Labute approximate surface area is 108 Å². The Morgan fingerprint density at radius 3 is 2.61 bits per heavy atom. The molecular formula is C14H21FN2O. The van der Waals surface area contributed by atoms with Gasteiger partial charge in [-0.05, 0) is 30.7 Å². The lowest BCUT2D eigenvalue weighted by Gasteiger charge is -2.17. The average molecular weight is 252 g/mol. The van der Waals surface area contributed by atoms with Crippen LogP contribution >= 0.6 is 0 Å². The highest BCUT2D eigenvalue weighted by Crippen LogP contribution is 2.08. The number of anilines is 1. The first kappa shape index (κ1) is 14.5. The highest BCUT2D eigenvalue weighted by Gasteiger charge is 2.07. The number of nitrogens with one attached hydrogen (secondary N) is 1. The van der Waals surface area contributed by atoms with Crippen LogP contribution in [0, 0.1) is 5.82 Å². The van der Waals surface area contributed by atoms with Gasteiger partial charge in [-0.15, -0.1) is 0 Å². The molecule has 0 aliphatic carbocycles. The molecule has 0 aromatic heterocycles. The number of hydrogen-bond acceptors (Lipinski definition) is 2. The molecule has 1 amide bonds. The highest BCUT2D eigenvalue weighted by molar-refractivity contribution is 5.76. The molecule has 1 aromatic rings. The lowest BCUT2D eigenvalue weighted by Crippen LogP contribution is -2.29. The van der Waals surface area contributed by atoms with E-state index in [0.29, 0.717) is 13.0 Å². The van der Waals surface area contributed by atoms with Gasteiger partial charge in [0.1, 0.15) is 5.82 Å². The molecule has 0 heterocycles. The molecule has 0 radical (unpaired) electrons. The molecule has 0 atom stereocenters. The maximum atomic E-state index is 12.7. The number of unbranched alkanes of at least 4 members (excludes halogenated alkanes) is 1. The summed E-state index contributed by atoms with van der Waals surface area (Å²) in [4.78, 5) is 13.5. The molecule has 1 N–H and O–H groups in total. The zero-order valence-electron chi connectivity index (χ0n) is 11.1. The molecule has 0 aliphatic rings. The van der Waals surface area contributed by atoms with Crippen molar-refractivity contribution in [2.75, 3.05) is 25.5 Å². The summed E-state index contributed by atoms with van der Waals surface area (Å²) in [5, 5.41) is 3.10. The number of carbonyl (C=O) groups excluding carboxylic acids is 1. The number of rotatable bonds is 7. The predicted molar refractivity (Wildman–Crippen MR) is 72.1 cm³/mol. The fraction of sp³-hybridized carbons (Fsp3) is 0.500. The standard InChI is InChI=1S/C14H21FN2O/c1-3-4-11-17(2)14(18)9-10-16-13-7-5-12(15)6-8-13/h5-8,16H,3-4,9-11H2,1-2H3. The smallest absolute Gasteiger partial charge is 0.224 e. The predicted octanol–water partition coefficient (Wildman–Crippen LogP) is 2.89. The summed E-state index contributed by atoms with van der Waals surface area (Å²) in [6.07, 6.45) is 2.58. The molecule has 18 heavy (non-hydrogen) atoms. The summed E-state index contributed by atoms with van der Waals surface area (Å²) >= 11 is 0. The Kier molecular flexibility index (Phi) is 6.19. The van der Waals surface area contributed by atoms with Gasteiger partial charge in [-0.1, -0.05) is 13.3 Å². The summed E-state index contributed by atoms with van der Waals surface area (Å²) in [5.41, 5.74) is 0.834. The van der Waals surface area contributed by atoms with Gasteiger partial charge >= 0.3 is 0 Å². The van der Waals surface area contributed by atoms with Crippen molar-refractivity contribution in [3.8, 4) is 0 Å². The van der Waals surface area contributed by atoms with Crippen molar-refractivity contribution in [3.05, 3.63) is 30.1 Å². The number of amides is 1. The maximum Gasteiger partial charge on any atom is 0.224 e. The molecule has 0 fully saturated rings. The summed E-state index contributed by atoms with van der Waals surface area (Å²) in [6, 6.07) is 6.14. The van der Waals surface area contributed by atoms with E-state index in [1.54, 1.807) is 17.0 Å². The molecule has 0 aliphatic heterocycles. The number of hydrogen-bond donors (Lipinski definition) is 1. The largest absolute Gasteiger partial charge is 0.385 e. The summed E-state index contributed by atoms with van der Waals surface area (Å²) in [7, 11) is 1.83. The van der Waals surface area contributed by atoms with Gasteiger partial charge in [0.25, 0.3) is 0 Å². The quantitative estimate of drug-likeness (QED) is 0.809. The minimum atomic E-state index is -0.254. The molecule has 1 rings (SSSR count). The Morgan fingerprint density at radius 1 is 1.33 bits per heavy atom. The molecule has 0 spiro atoms. The Bertz CT molecular complexity index is 365. The minimum Gasteiger partial charge on any atom is -0.385 e. The monoisotopic (exact) mass is 252 g/mol. The zero-order chi connectivity index (χ0) is 13.4. The van der Waals surface area contributed by atoms with E-state index in [1.165, 1.54) is 12.1 Å². The maximum absolute atomic E-state index is 12.7. The Hall–Kier alpha value is -1.58. The van der Waals surface area contributed by atoms with E-state index in [0.717, 1.165) is 25.1 Å². The molecule has 1 aromatic carbocycles. The summed E-state index contributed by atoms with van der Waals surface area (Å²) in [6.45, 7) is 3.49. The minimum absolute atomic E-state index is 0.137. The third-order valence-corrected chi connectivity index (χ3v) is 2.79. The van der Waals surface area contributed by atoms with Gasteiger partial charge in [0.2, 0.25) is 5.91 Å². The molecule has 0 bridgehead atoms. The molecule has 3 nitrogen and oxygen atoms in total. The van der Waals surface area contributed by atoms with E-state index in [1.807, 2.05) is 7.05 Å². The van der Waals surface area contributed by atoms with Crippen molar-refractivity contribution in [2.24, 2.45) is 0 Å². The van der Waals surface area contributed by atoms with Crippen LogP contribution in [0.25, 0.3) is 0 Å². The number of benzene rings is 1. The fourth-order valence-electron chi connectivity index (χ4n) is 1.59. The van der Waals surface area contributed by atoms with Crippen LogP contribution in [0.3, 0.4) is 0 Å². The first-order chi connectivity index (χ1) is 8.63. The van der Waals surface area contributed by atoms with Crippen LogP contribution in [0.5, 0.6) is 0 Å². The van der Waals surface area contributed by atoms with Crippen molar-refractivity contribution in [3.63, 3.8) is 0 Å². The van der Waals surface area contributed by atoms with Gasteiger partial charge in [-0.25, -0.2) is 4.39 Å². The van der Waals surface area contributed by atoms with Crippen molar-refractivity contribution in [1.82, 2.24) is 4.90 Å². The van der Waals surface area contributed by atoms with Gasteiger partial charge < -0.3 is 10.2 Å². The molecule has 0 saturated heterocycles. The van der Waals surface area contributed by atoms with Crippen LogP contribution in [-0.4, -0.2) is 30.9 Å². The van der Waals surface area contributed by atoms with Crippen molar-refractivity contribution in [2.45, 2.75) is 26.2 Å². The van der Waals surface area contributed by atoms with Crippen LogP contribution in [0.4, 0.5) is 10.1 Å². The zero-order valence-corrected chi connectivity index (χ0v) is 11.1. The lowest BCUT2D eigenvalue weighted by atomic mass is 10.3. The van der Waals surface area contributed by atoms with Crippen LogP contribution in [0.15, 0.2) is 24.3 Å². The third-order valence-electron chi connectivity index (χ3n) is 2.79. The summed E-state index contributed by atoms with van der Waals surface area (Å²) < 4.78 is 12.7. The third kappa shape index (κ3) is 5.17. The number of nitrogens with zero attached hydrogens (tertiary/aromatic N) is 1. The van der Waals surface area contributed by atoms with Crippen molar-refractivity contribution >= 4 is 11.6 Å². The number of carbonyl (C=O) groups is 1. The number of halogens is 1. The van der Waals surface area contributed by atoms with Crippen molar-refractivity contribution in [1.29, 1.82) is 0 Å². The first-order valence-electron chi connectivity index (χ1n) is 6.37. The molecule has 0 unspecified atom stereocenters. The van der Waals surface area contributed by atoms with E-state index < -0.39 is 0 Å². The van der Waals surface area contributed by atoms with Crippen LogP contribution in [0.2, 0.25) is 0 Å². The highest BCUT2D eigenvalue weighted by atomic mass is 19.1. The van der Waals surface area contributed by atoms with Gasteiger partial charge in [0.05, 0.1) is 0 Å². The normalized spacial score (nSPS) is 10.2. The topological polar surface area (TPSA) is 32.3 Å². The van der Waals surface area contributed by atoms with Gasteiger partial charge in [-0.2, -0.15) is 0 Å². The Balaban J connectivity index is 2.24. The molecule has 4 heteroatoms. The van der Waals surface area contributed by atoms with E-state index in [2.05, 4.69) is 12.2 Å². The van der Waals surface area contributed by atoms with E-state index in [9.17, 15) is 9.18 Å². The molecular weight excluding hydrogens is 231 g/mol. The first-order valence-corrected chi connectivity index (χ1v) is 6.37. The van der Waals surface area contributed by atoms with E-state index >= 15 is 0 Å². The lowest BCUT2D eigenvalue weighted by molar-refractivity contribution is -0.129.